The van der Waals surface area contributed by atoms with E-state index in [0.29, 0.717) is 42.1 Å². The summed E-state index contributed by atoms with van der Waals surface area (Å²) in [4.78, 5) is 42.8. The highest BCUT2D eigenvalue weighted by Gasteiger charge is 2.35. The Morgan fingerprint density at radius 3 is 0.991 bits per heavy atom. The van der Waals surface area contributed by atoms with Gasteiger partial charge >= 0.3 is 0 Å². The summed E-state index contributed by atoms with van der Waals surface area (Å²) in [5.74, 6) is 4.38. The lowest BCUT2D eigenvalue weighted by atomic mass is 9.91. The van der Waals surface area contributed by atoms with E-state index in [1.165, 1.54) is 17.1 Å². The van der Waals surface area contributed by atoms with Gasteiger partial charge in [-0.25, -0.2) is 0 Å². The SMILES string of the molecule is CC(C)c1ccc(N2CCC(C)(O)CC2)cn1.CC(C)c1ccc(N2CCC(C)(O)CC2)cn1.CC(C)c1ccc(N2CCC(O)(CN(C)C)CC2)cn1.COCC1(O)CCN(c2ccc(C(C)C)nc2)CC1.COc1cc(C(C)C)ncc1N1CCC(O)CC1.COc1cc(N2CCC(O)CC2)cnc1C(C)C. The molecule has 0 saturated carbocycles. The van der Waals surface area contributed by atoms with Crippen LogP contribution in [-0.4, -0.2) is 227 Å². The molecule has 6 aromatic heterocycles. The topological polar surface area (TPSA) is 249 Å². The highest BCUT2D eigenvalue weighted by molar-refractivity contribution is 5.58. The van der Waals surface area contributed by atoms with Crippen molar-refractivity contribution >= 4 is 34.1 Å². The fourth-order valence-corrected chi connectivity index (χ4v) is 14.3. The number of nitrogens with zero attached hydrogens (tertiary/aromatic N) is 13. The van der Waals surface area contributed by atoms with Crippen molar-refractivity contribution in [1.29, 1.82) is 0 Å². The normalized spacial score (nSPS) is 18.6. The first kappa shape index (κ1) is 89.2. The minimum Gasteiger partial charge on any atom is -0.495 e. The van der Waals surface area contributed by atoms with Gasteiger partial charge in [-0.1, -0.05) is 83.1 Å². The molecule has 0 unspecified atom stereocenters. The van der Waals surface area contributed by atoms with Gasteiger partial charge < -0.3 is 79.1 Å². The molecule has 0 spiro atoms. The fraction of sp³-hybridized carbons (Fsp3) is 0.655. The van der Waals surface area contributed by atoms with Crippen LogP contribution >= 0.6 is 0 Å². The number of rotatable bonds is 18. The van der Waals surface area contributed by atoms with E-state index in [4.69, 9.17) is 14.2 Å². The van der Waals surface area contributed by atoms with Gasteiger partial charge in [0.25, 0.3) is 0 Å². The molecule has 6 aromatic rings. The Morgan fingerprint density at radius 1 is 0.376 bits per heavy atom. The van der Waals surface area contributed by atoms with E-state index in [2.05, 4.69) is 202 Å². The second-order valence-corrected chi connectivity index (χ2v) is 33.8. The van der Waals surface area contributed by atoms with Crippen molar-refractivity contribution in [1.82, 2.24) is 34.8 Å². The van der Waals surface area contributed by atoms with Crippen molar-refractivity contribution in [3.8, 4) is 11.5 Å². The summed E-state index contributed by atoms with van der Waals surface area (Å²) < 4.78 is 16.0. The lowest BCUT2D eigenvalue weighted by Gasteiger charge is -2.40. The first-order valence-electron chi connectivity index (χ1n) is 40.4. The molecule has 6 fully saturated rings. The van der Waals surface area contributed by atoms with Gasteiger partial charge in [-0.15, -0.1) is 0 Å². The molecule has 6 aliphatic rings. The van der Waals surface area contributed by atoms with Crippen molar-refractivity contribution in [2.45, 2.75) is 244 Å². The van der Waals surface area contributed by atoms with Crippen LogP contribution in [0.25, 0.3) is 0 Å². The van der Waals surface area contributed by atoms with Crippen LogP contribution in [-0.2, 0) is 4.74 Å². The minimum absolute atomic E-state index is 0.147. The number of hydrogen-bond acceptors (Lipinski definition) is 22. The Morgan fingerprint density at radius 2 is 0.688 bits per heavy atom. The monoisotopic (exact) mass is 1510 g/mol. The van der Waals surface area contributed by atoms with Gasteiger partial charge in [-0.3, -0.25) is 29.9 Å². The van der Waals surface area contributed by atoms with E-state index in [1.807, 2.05) is 71.2 Å². The van der Waals surface area contributed by atoms with Crippen molar-refractivity contribution in [3.05, 3.63) is 132 Å². The van der Waals surface area contributed by atoms with Gasteiger partial charge in [0.1, 0.15) is 11.5 Å². The standard InChI is InChI=1S/C16H27N3O.C15H24N2O2.2C14H22N2O2.2C14H22N2O/c1-13(2)15-6-5-14(11-17-15)19-9-7-16(20,8-10-19)12-18(3)4;1-12(2)14-5-4-13(10-16-14)17-8-6-15(18,7-9-17)11-19-3;1-10(2)14-13(18-3)8-11(9-15-14)16-6-4-12(17)5-7-16;1-10(2)12-8-14(18-3)13(9-15-12)16-6-4-11(17)5-7-16;2*1-11(2)13-5-4-12(10-15-13)16-8-6-14(3,17)7-9-16/h5-6,11,13,20H,7-10,12H2,1-4H3;4-5,10,12,18H,6-9,11H2,1-3H3;8-10,12,17H,4-7H2,1-3H3;8-11,17H,4-7H2,1-3H3;2*4-5,10-11,17H,6-9H2,1-3H3. The summed E-state index contributed by atoms with van der Waals surface area (Å²) in [7, 11) is 9.05. The van der Waals surface area contributed by atoms with E-state index in [0.717, 1.165) is 225 Å². The molecule has 6 saturated heterocycles. The largest absolute Gasteiger partial charge is 0.495 e. The molecule has 22 nitrogen and oxygen atoms in total. The molecule has 0 aliphatic carbocycles. The molecular weight excluding hydrogens is 1370 g/mol. The van der Waals surface area contributed by atoms with Gasteiger partial charge in [0.05, 0.1) is 132 Å². The lowest BCUT2D eigenvalue weighted by Crippen LogP contribution is -2.49. The van der Waals surface area contributed by atoms with Gasteiger partial charge in [-0.2, -0.15) is 0 Å². The maximum atomic E-state index is 10.5. The molecule has 109 heavy (non-hydrogen) atoms. The van der Waals surface area contributed by atoms with Crippen LogP contribution in [0.1, 0.15) is 244 Å². The van der Waals surface area contributed by atoms with Crippen molar-refractivity contribution in [2.75, 3.05) is 157 Å². The number of piperidine rings is 6. The molecule has 0 atom stereocenters. The number of aliphatic hydroxyl groups excluding tert-OH is 2. The molecule has 6 N–H and O–H groups in total. The number of methoxy groups -OCH3 is 3. The summed E-state index contributed by atoms with van der Waals surface area (Å²) in [6.07, 6.45) is 21.0. The zero-order valence-corrected chi connectivity index (χ0v) is 70.0. The number of aromatic nitrogens is 6. The van der Waals surface area contributed by atoms with Gasteiger partial charge in [0, 0.05) is 133 Å². The number of hydrogen-bond donors (Lipinski definition) is 6. The number of ether oxygens (including phenoxy) is 3. The lowest BCUT2D eigenvalue weighted by molar-refractivity contribution is -0.0471. The first-order valence-corrected chi connectivity index (χ1v) is 40.4. The van der Waals surface area contributed by atoms with E-state index in [9.17, 15) is 30.6 Å². The third-order valence-corrected chi connectivity index (χ3v) is 22.0. The van der Waals surface area contributed by atoms with Crippen LogP contribution < -0.4 is 38.9 Å². The Balaban J connectivity index is 0.000000182. The maximum absolute atomic E-state index is 10.5. The summed E-state index contributed by atoms with van der Waals surface area (Å²) in [5, 5.41) is 59.7. The highest BCUT2D eigenvalue weighted by Crippen LogP contribution is 2.35. The van der Waals surface area contributed by atoms with E-state index in [-0.39, 0.29) is 12.2 Å². The second-order valence-electron chi connectivity index (χ2n) is 33.8. The van der Waals surface area contributed by atoms with Gasteiger partial charge in [-0.05, 0) is 189 Å². The number of aliphatic hydroxyl groups is 6. The van der Waals surface area contributed by atoms with E-state index >= 15 is 0 Å². The van der Waals surface area contributed by atoms with Crippen LogP contribution in [0.3, 0.4) is 0 Å². The molecular formula is C87H139N13O9. The zero-order valence-electron chi connectivity index (χ0n) is 70.0. The van der Waals surface area contributed by atoms with E-state index in [1.54, 1.807) is 21.3 Å². The molecule has 12 rings (SSSR count). The molecule has 12 heterocycles. The van der Waals surface area contributed by atoms with E-state index < -0.39 is 22.4 Å². The predicted molar refractivity (Wildman–Crippen MR) is 445 cm³/mol. The molecule has 6 aliphatic heterocycles. The van der Waals surface area contributed by atoms with Crippen molar-refractivity contribution < 1.29 is 44.8 Å². The highest BCUT2D eigenvalue weighted by atomic mass is 16.5. The Hall–Kier alpha value is -7.02. The molecule has 0 radical (unpaired) electrons. The number of pyridine rings is 6. The zero-order chi connectivity index (χ0) is 79.8. The molecule has 0 aromatic carbocycles. The smallest absolute Gasteiger partial charge is 0.145 e. The predicted octanol–water partition coefficient (Wildman–Crippen LogP) is 13.7. The van der Waals surface area contributed by atoms with Crippen molar-refractivity contribution in [2.24, 2.45) is 0 Å². The molecule has 0 bridgehead atoms. The molecule has 606 valence electrons. The third-order valence-electron chi connectivity index (χ3n) is 22.0. The van der Waals surface area contributed by atoms with Crippen LogP contribution in [0.5, 0.6) is 11.5 Å². The molecule has 0 amide bonds. The number of likely N-dealkylation sites (N-methyl/N-ethyl adjacent to an activating group) is 1. The summed E-state index contributed by atoms with van der Waals surface area (Å²) in [6.45, 7) is 41.3. The van der Waals surface area contributed by atoms with Crippen LogP contribution in [0, 0.1) is 0 Å². The molecule has 22 heteroatoms. The Kier molecular flexibility index (Phi) is 34.4. The number of anilines is 6. The fourth-order valence-electron chi connectivity index (χ4n) is 14.3. The average Bonchev–Trinajstić information content (AvgIpc) is 0.855. The van der Waals surface area contributed by atoms with Gasteiger partial charge in [0.2, 0.25) is 0 Å². The first-order chi connectivity index (χ1) is 51.6. The van der Waals surface area contributed by atoms with Crippen LogP contribution in [0.15, 0.2) is 97.8 Å². The minimum atomic E-state index is -0.656. The Bertz CT molecular complexity index is 3470. The maximum Gasteiger partial charge on any atom is 0.145 e. The summed E-state index contributed by atoms with van der Waals surface area (Å²) >= 11 is 0. The average molecular weight is 1510 g/mol. The van der Waals surface area contributed by atoms with Crippen LogP contribution in [0.2, 0.25) is 0 Å². The summed E-state index contributed by atoms with van der Waals surface area (Å²) in [6, 6.07) is 21.0. The van der Waals surface area contributed by atoms with Gasteiger partial charge in [0.15, 0.2) is 0 Å². The van der Waals surface area contributed by atoms with Crippen LogP contribution in [0.4, 0.5) is 34.1 Å². The third kappa shape index (κ3) is 28.0. The second kappa shape index (κ2) is 42.0. The summed E-state index contributed by atoms with van der Waals surface area (Å²) in [5.41, 5.74) is 11.2. The Labute approximate surface area is 654 Å². The quantitative estimate of drug-likeness (QED) is 0.0468. The van der Waals surface area contributed by atoms with Crippen molar-refractivity contribution in [3.63, 3.8) is 0 Å².